The van der Waals surface area contributed by atoms with Gasteiger partial charge in [0.15, 0.2) is 5.78 Å². The largest absolute Gasteiger partial charge is 0.341 e. The van der Waals surface area contributed by atoms with Crippen molar-refractivity contribution in [2.45, 2.75) is 13.5 Å². The fourth-order valence-electron chi connectivity index (χ4n) is 1.82. The molecule has 0 bridgehead atoms. The zero-order valence-electron chi connectivity index (χ0n) is 9.85. The number of Topliss-reactive ketones (excluding diaryl/α,β-unsaturated/α-hetero) is 1. The van der Waals surface area contributed by atoms with Crippen LogP contribution in [0.3, 0.4) is 0 Å². The lowest BCUT2D eigenvalue weighted by atomic mass is 10.1. The van der Waals surface area contributed by atoms with Crippen molar-refractivity contribution >= 4 is 5.78 Å². The van der Waals surface area contributed by atoms with Gasteiger partial charge in [-0.05, 0) is 29.8 Å². The summed E-state index contributed by atoms with van der Waals surface area (Å²) in [6.45, 7) is 1.94. The van der Waals surface area contributed by atoms with Gasteiger partial charge in [-0.25, -0.2) is 4.39 Å². The van der Waals surface area contributed by atoms with Crippen molar-refractivity contribution in [3.8, 4) is 6.07 Å². The Kier molecular flexibility index (Phi) is 3.24. The lowest BCUT2D eigenvalue weighted by Gasteiger charge is -2.07. The molecule has 0 atom stereocenters. The Hall–Kier alpha value is -2.41. The van der Waals surface area contributed by atoms with Crippen molar-refractivity contribution in [3.63, 3.8) is 0 Å². The van der Waals surface area contributed by atoms with Crippen LogP contribution >= 0.6 is 0 Å². The highest BCUT2D eigenvalue weighted by Gasteiger charge is 2.08. The number of aromatic nitrogens is 1. The SMILES string of the molecule is CC(=O)c1cccn1Cc1ccc(F)c(C#N)c1. The first kappa shape index (κ1) is 12.1. The molecule has 0 radical (unpaired) electrons. The number of ketones is 1. The van der Waals surface area contributed by atoms with E-state index in [4.69, 9.17) is 5.26 Å². The normalized spacial score (nSPS) is 10.1. The minimum Gasteiger partial charge on any atom is -0.341 e. The van der Waals surface area contributed by atoms with E-state index in [2.05, 4.69) is 0 Å². The Bertz CT molecular complexity index is 637. The second-order valence-electron chi connectivity index (χ2n) is 4.00. The number of hydrogen-bond acceptors (Lipinski definition) is 2. The van der Waals surface area contributed by atoms with E-state index >= 15 is 0 Å². The molecule has 1 aromatic heterocycles. The minimum absolute atomic E-state index is 0.0176. The minimum atomic E-state index is -0.527. The molecule has 0 N–H and O–H groups in total. The molecule has 4 heteroatoms. The maximum absolute atomic E-state index is 13.2. The van der Waals surface area contributed by atoms with Gasteiger partial charge in [0.2, 0.25) is 0 Å². The molecule has 18 heavy (non-hydrogen) atoms. The topological polar surface area (TPSA) is 45.8 Å². The summed E-state index contributed by atoms with van der Waals surface area (Å²) in [5, 5.41) is 8.76. The van der Waals surface area contributed by atoms with E-state index in [1.165, 1.54) is 19.1 Å². The summed E-state index contributed by atoms with van der Waals surface area (Å²) < 4.78 is 14.9. The van der Waals surface area contributed by atoms with Crippen molar-refractivity contribution in [1.29, 1.82) is 5.26 Å². The number of nitriles is 1. The van der Waals surface area contributed by atoms with E-state index < -0.39 is 5.82 Å². The summed E-state index contributed by atoms with van der Waals surface area (Å²) in [5.74, 6) is -0.553. The van der Waals surface area contributed by atoms with Crippen LogP contribution in [-0.2, 0) is 6.54 Å². The monoisotopic (exact) mass is 242 g/mol. The first-order valence-corrected chi connectivity index (χ1v) is 5.46. The number of rotatable bonds is 3. The number of carbonyl (C=O) groups is 1. The second-order valence-corrected chi connectivity index (χ2v) is 4.00. The standard InChI is InChI=1S/C14H11FN2O/c1-10(18)14-3-2-6-17(14)9-11-4-5-13(15)12(7-11)8-16/h2-7H,9H2,1H3. The third kappa shape index (κ3) is 2.30. The Morgan fingerprint density at radius 1 is 1.44 bits per heavy atom. The molecule has 0 aliphatic heterocycles. The van der Waals surface area contributed by atoms with Crippen molar-refractivity contribution in [2.24, 2.45) is 0 Å². The molecule has 2 rings (SSSR count). The quantitative estimate of drug-likeness (QED) is 0.777. The number of nitrogens with zero attached hydrogens (tertiary/aromatic N) is 2. The number of carbonyl (C=O) groups excluding carboxylic acids is 1. The average molecular weight is 242 g/mol. The molecule has 0 spiro atoms. The van der Waals surface area contributed by atoms with Gasteiger partial charge in [0, 0.05) is 19.7 Å². The van der Waals surface area contributed by atoms with Gasteiger partial charge in [0.1, 0.15) is 11.9 Å². The highest BCUT2D eigenvalue weighted by molar-refractivity contribution is 5.92. The predicted molar refractivity (Wildman–Crippen MR) is 64.7 cm³/mol. The summed E-state index contributed by atoms with van der Waals surface area (Å²) in [6, 6.07) is 9.70. The zero-order valence-corrected chi connectivity index (χ0v) is 9.85. The summed E-state index contributed by atoms with van der Waals surface area (Å²) in [6.07, 6.45) is 1.78. The third-order valence-corrected chi connectivity index (χ3v) is 2.69. The van der Waals surface area contributed by atoms with Crippen molar-refractivity contribution < 1.29 is 9.18 Å². The van der Waals surface area contributed by atoms with Crippen molar-refractivity contribution in [2.75, 3.05) is 0 Å². The lowest BCUT2D eigenvalue weighted by molar-refractivity contribution is 0.100. The van der Waals surface area contributed by atoms with Gasteiger partial charge in [-0.3, -0.25) is 4.79 Å². The molecule has 1 heterocycles. The van der Waals surface area contributed by atoms with Gasteiger partial charge in [0.25, 0.3) is 0 Å². The van der Waals surface area contributed by atoms with Gasteiger partial charge in [-0.15, -0.1) is 0 Å². The maximum atomic E-state index is 13.2. The van der Waals surface area contributed by atoms with E-state index in [-0.39, 0.29) is 11.3 Å². The second kappa shape index (κ2) is 4.84. The number of benzene rings is 1. The van der Waals surface area contributed by atoms with Crippen LogP contribution in [0, 0.1) is 17.1 Å². The molecular formula is C14H11FN2O. The Morgan fingerprint density at radius 3 is 2.89 bits per heavy atom. The molecule has 1 aromatic carbocycles. The van der Waals surface area contributed by atoms with Crippen LogP contribution < -0.4 is 0 Å². The molecule has 3 nitrogen and oxygen atoms in total. The summed E-state index contributed by atoms with van der Waals surface area (Å²) in [5.41, 5.74) is 1.40. The lowest BCUT2D eigenvalue weighted by Crippen LogP contribution is -2.07. The summed E-state index contributed by atoms with van der Waals surface area (Å²) in [4.78, 5) is 11.4. The van der Waals surface area contributed by atoms with E-state index in [1.54, 1.807) is 35.0 Å². The smallest absolute Gasteiger partial charge is 0.176 e. The van der Waals surface area contributed by atoms with Crippen molar-refractivity contribution in [1.82, 2.24) is 4.57 Å². The molecule has 0 aliphatic rings. The van der Waals surface area contributed by atoms with Gasteiger partial charge in [0.05, 0.1) is 11.3 Å². The first-order valence-electron chi connectivity index (χ1n) is 5.46. The Balaban J connectivity index is 2.32. The third-order valence-electron chi connectivity index (χ3n) is 2.69. The molecular weight excluding hydrogens is 231 g/mol. The molecule has 0 amide bonds. The Morgan fingerprint density at radius 2 is 2.22 bits per heavy atom. The van der Waals surface area contributed by atoms with E-state index in [9.17, 15) is 9.18 Å². The maximum Gasteiger partial charge on any atom is 0.176 e. The van der Waals surface area contributed by atoms with E-state index in [0.29, 0.717) is 12.2 Å². The predicted octanol–water partition coefficient (Wildman–Crippen LogP) is 2.75. The van der Waals surface area contributed by atoms with E-state index in [1.807, 2.05) is 0 Å². The van der Waals surface area contributed by atoms with Gasteiger partial charge in [-0.1, -0.05) is 6.07 Å². The van der Waals surface area contributed by atoms with Gasteiger partial charge < -0.3 is 4.57 Å². The number of hydrogen-bond donors (Lipinski definition) is 0. The van der Waals surface area contributed by atoms with Gasteiger partial charge in [-0.2, -0.15) is 5.26 Å². The average Bonchev–Trinajstić information content (AvgIpc) is 2.80. The van der Waals surface area contributed by atoms with Crippen LogP contribution in [0.5, 0.6) is 0 Å². The Labute approximate surface area is 104 Å². The fourth-order valence-corrected chi connectivity index (χ4v) is 1.82. The molecule has 0 saturated carbocycles. The highest BCUT2D eigenvalue weighted by atomic mass is 19.1. The summed E-state index contributed by atoms with van der Waals surface area (Å²) in [7, 11) is 0. The van der Waals surface area contributed by atoms with Crippen LogP contribution in [0.25, 0.3) is 0 Å². The molecule has 0 unspecified atom stereocenters. The number of halogens is 1. The van der Waals surface area contributed by atoms with Gasteiger partial charge >= 0.3 is 0 Å². The molecule has 0 aliphatic carbocycles. The van der Waals surface area contributed by atoms with E-state index in [0.717, 1.165) is 5.56 Å². The fraction of sp³-hybridized carbons (Fsp3) is 0.143. The van der Waals surface area contributed by atoms with Crippen LogP contribution in [0.1, 0.15) is 28.5 Å². The van der Waals surface area contributed by atoms with Crippen molar-refractivity contribution in [3.05, 3.63) is 59.2 Å². The van der Waals surface area contributed by atoms with Crippen LogP contribution in [0.15, 0.2) is 36.5 Å². The van der Waals surface area contributed by atoms with Crippen LogP contribution in [-0.4, -0.2) is 10.4 Å². The van der Waals surface area contributed by atoms with Crippen LogP contribution in [0.4, 0.5) is 4.39 Å². The zero-order chi connectivity index (χ0) is 13.1. The highest BCUT2D eigenvalue weighted by Crippen LogP contribution is 2.13. The molecule has 0 saturated heterocycles. The van der Waals surface area contributed by atoms with Crippen LogP contribution in [0.2, 0.25) is 0 Å². The molecule has 90 valence electrons. The molecule has 2 aromatic rings. The first-order chi connectivity index (χ1) is 8.61. The summed E-state index contributed by atoms with van der Waals surface area (Å²) >= 11 is 0. The molecule has 0 fully saturated rings.